The van der Waals surface area contributed by atoms with Crippen molar-refractivity contribution < 1.29 is 19.7 Å². The van der Waals surface area contributed by atoms with E-state index < -0.39 is 12.0 Å². The van der Waals surface area contributed by atoms with Crippen molar-refractivity contribution >= 4 is 5.97 Å². The second-order valence-electron chi connectivity index (χ2n) is 7.16. The standard InChI is InChI=1S/C21H27NO4/c1-12(2)17-9-14(11-19(22)21(24)25)10-18(13(3)4)20(17)26-16-7-5-15(23)6-8-16/h5-10,12-13,19,23H,11,22H2,1-4H3,(H,24,25)/t19-/m0/s1. The van der Waals surface area contributed by atoms with Gasteiger partial charge in [0, 0.05) is 0 Å². The number of benzene rings is 2. The normalized spacial score (nSPS) is 12.4. The lowest BCUT2D eigenvalue weighted by Gasteiger charge is -2.22. The molecule has 0 amide bonds. The highest BCUT2D eigenvalue weighted by atomic mass is 16.5. The molecule has 0 aliphatic heterocycles. The first-order chi connectivity index (χ1) is 12.2. The van der Waals surface area contributed by atoms with E-state index in [1.165, 1.54) is 0 Å². The summed E-state index contributed by atoms with van der Waals surface area (Å²) in [6.45, 7) is 8.29. The summed E-state index contributed by atoms with van der Waals surface area (Å²) in [6, 6.07) is 9.64. The highest BCUT2D eigenvalue weighted by molar-refractivity contribution is 5.73. The smallest absolute Gasteiger partial charge is 0.320 e. The molecular weight excluding hydrogens is 330 g/mol. The van der Waals surface area contributed by atoms with Crippen LogP contribution in [-0.4, -0.2) is 22.2 Å². The molecule has 0 saturated carbocycles. The molecule has 140 valence electrons. The van der Waals surface area contributed by atoms with Crippen molar-refractivity contribution in [3.05, 3.63) is 53.1 Å². The maximum atomic E-state index is 11.1. The van der Waals surface area contributed by atoms with E-state index in [1.807, 2.05) is 12.1 Å². The Morgan fingerprint density at radius 2 is 1.54 bits per heavy atom. The average Bonchev–Trinajstić information content (AvgIpc) is 2.57. The number of aromatic hydroxyl groups is 1. The van der Waals surface area contributed by atoms with E-state index in [2.05, 4.69) is 27.7 Å². The Hall–Kier alpha value is -2.53. The highest BCUT2D eigenvalue weighted by Gasteiger charge is 2.20. The molecule has 0 heterocycles. The molecule has 5 heteroatoms. The van der Waals surface area contributed by atoms with Gasteiger partial charge in [0.2, 0.25) is 0 Å². The summed E-state index contributed by atoms with van der Waals surface area (Å²) in [5, 5.41) is 18.6. The van der Waals surface area contributed by atoms with Crippen molar-refractivity contribution in [1.82, 2.24) is 0 Å². The van der Waals surface area contributed by atoms with Crippen LogP contribution in [0.1, 0.15) is 56.2 Å². The third-order valence-corrected chi connectivity index (χ3v) is 4.28. The Morgan fingerprint density at radius 1 is 1.04 bits per heavy atom. The van der Waals surface area contributed by atoms with Crippen LogP contribution in [0.4, 0.5) is 0 Å². The minimum atomic E-state index is -1.01. The average molecular weight is 357 g/mol. The number of aliphatic carboxylic acids is 1. The largest absolute Gasteiger partial charge is 0.508 e. The molecule has 0 spiro atoms. The summed E-state index contributed by atoms with van der Waals surface area (Å²) in [4.78, 5) is 11.1. The lowest BCUT2D eigenvalue weighted by atomic mass is 9.89. The van der Waals surface area contributed by atoms with Crippen LogP contribution in [-0.2, 0) is 11.2 Å². The summed E-state index contributed by atoms with van der Waals surface area (Å²) < 4.78 is 6.17. The molecule has 2 aromatic carbocycles. The molecule has 5 nitrogen and oxygen atoms in total. The molecule has 4 N–H and O–H groups in total. The van der Waals surface area contributed by atoms with Crippen LogP contribution in [0.15, 0.2) is 36.4 Å². The van der Waals surface area contributed by atoms with Crippen LogP contribution in [0.2, 0.25) is 0 Å². The van der Waals surface area contributed by atoms with Crippen molar-refractivity contribution in [2.24, 2.45) is 5.73 Å². The number of carboxylic acid groups (broad SMARTS) is 1. The quantitative estimate of drug-likeness (QED) is 0.683. The highest BCUT2D eigenvalue weighted by Crippen LogP contribution is 2.39. The maximum absolute atomic E-state index is 11.1. The van der Waals surface area contributed by atoms with Gasteiger partial charge in [-0.15, -0.1) is 0 Å². The van der Waals surface area contributed by atoms with Gasteiger partial charge < -0.3 is 20.7 Å². The van der Waals surface area contributed by atoms with Crippen molar-refractivity contribution in [2.75, 3.05) is 0 Å². The fraction of sp³-hybridized carbons (Fsp3) is 0.381. The summed E-state index contributed by atoms with van der Waals surface area (Å²) in [5.74, 6) is 0.992. The molecule has 2 aromatic rings. The van der Waals surface area contributed by atoms with Gasteiger partial charge in [0.1, 0.15) is 23.3 Å². The number of phenolic OH excluding ortho intramolecular Hbond substituents is 1. The first kappa shape index (κ1) is 19.8. The molecule has 2 rings (SSSR count). The van der Waals surface area contributed by atoms with Gasteiger partial charge in [-0.3, -0.25) is 4.79 Å². The van der Waals surface area contributed by atoms with Gasteiger partial charge in [-0.25, -0.2) is 0 Å². The van der Waals surface area contributed by atoms with Gasteiger partial charge in [-0.05, 0) is 59.2 Å². The number of carboxylic acids is 1. The topological polar surface area (TPSA) is 92.8 Å². The van der Waals surface area contributed by atoms with E-state index in [1.54, 1.807) is 24.3 Å². The van der Waals surface area contributed by atoms with Gasteiger partial charge in [-0.1, -0.05) is 39.8 Å². The third kappa shape index (κ3) is 4.76. The lowest BCUT2D eigenvalue weighted by Crippen LogP contribution is -2.32. The van der Waals surface area contributed by atoms with E-state index in [-0.39, 0.29) is 24.0 Å². The summed E-state index contributed by atoms with van der Waals surface area (Å²) in [7, 11) is 0. The molecule has 26 heavy (non-hydrogen) atoms. The van der Waals surface area contributed by atoms with Gasteiger partial charge >= 0.3 is 5.97 Å². The fourth-order valence-electron chi connectivity index (χ4n) is 2.81. The fourth-order valence-corrected chi connectivity index (χ4v) is 2.81. The van der Waals surface area contributed by atoms with Crippen LogP contribution in [0, 0.1) is 0 Å². The number of hydrogen-bond donors (Lipinski definition) is 3. The van der Waals surface area contributed by atoms with Crippen molar-refractivity contribution in [3.8, 4) is 17.2 Å². The molecule has 0 saturated heterocycles. The van der Waals surface area contributed by atoms with Crippen LogP contribution in [0.5, 0.6) is 17.2 Å². The van der Waals surface area contributed by atoms with Gasteiger partial charge in [0.05, 0.1) is 0 Å². The van der Waals surface area contributed by atoms with Crippen LogP contribution in [0.3, 0.4) is 0 Å². The third-order valence-electron chi connectivity index (χ3n) is 4.28. The number of phenols is 1. The molecule has 0 unspecified atom stereocenters. The Kier molecular flexibility index (Phi) is 6.27. The van der Waals surface area contributed by atoms with Crippen LogP contribution in [0.25, 0.3) is 0 Å². The SMILES string of the molecule is CC(C)c1cc(C[C@H](N)C(=O)O)cc(C(C)C)c1Oc1ccc(O)cc1. The first-order valence-corrected chi connectivity index (χ1v) is 8.81. The van der Waals surface area contributed by atoms with Crippen molar-refractivity contribution in [1.29, 1.82) is 0 Å². The van der Waals surface area contributed by atoms with E-state index >= 15 is 0 Å². The second-order valence-corrected chi connectivity index (χ2v) is 7.16. The molecule has 0 aliphatic carbocycles. The molecule has 1 atom stereocenters. The zero-order chi connectivity index (χ0) is 19.4. The molecule has 0 bridgehead atoms. The Balaban J connectivity index is 2.50. The number of rotatable bonds is 7. The van der Waals surface area contributed by atoms with Gasteiger partial charge in [0.25, 0.3) is 0 Å². The maximum Gasteiger partial charge on any atom is 0.320 e. The molecule has 0 radical (unpaired) electrons. The van der Waals surface area contributed by atoms with E-state index in [0.29, 0.717) is 5.75 Å². The van der Waals surface area contributed by atoms with E-state index in [9.17, 15) is 9.90 Å². The lowest BCUT2D eigenvalue weighted by molar-refractivity contribution is -0.138. The minimum Gasteiger partial charge on any atom is -0.508 e. The number of hydrogen-bond acceptors (Lipinski definition) is 4. The summed E-state index contributed by atoms with van der Waals surface area (Å²) >= 11 is 0. The zero-order valence-electron chi connectivity index (χ0n) is 15.7. The molecular formula is C21H27NO4. The number of nitrogens with two attached hydrogens (primary N) is 1. The monoisotopic (exact) mass is 357 g/mol. The predicted octanol–water partition coefficient (Wildman–Crippen LogP) is 4.39. The Bertz CT molecular complexity index is 737. The van der Waals surface area contributed by atoms with Crippen molar-refractivity contribution in [2.45, 2.75) is 52.0 Å². The van der Waals surface area contributed by atoms with Crippen molar-refractivity contribution in [3.63, 3.8) is 0 Å². The van der Waals surface area contributed by atoms with Crippen LogP contribution < -0.4 is 10.5 Å². The molecule has 0 aromatic heterocycles. The van der Waals surface area contributed by atoms with E-state index in [0.717, 1.165) is 22.4 Å². The first-order valence-electron chi connectivity index (χ1n) is 8.81. The predicted molar refractivity (Wildman–Crippen MR) is 102 cm³/mol. The summed E-state index contributed by atoms with van der Waals surface area (Å²) in [5.41, 5.74) is 8.64. The number of ether oxygens (including phenoxy) is 1. The van der Waals surface area contributed by atoms with Gasteiger partial charge in [0.15, 0.2) is 0 Å². The molecule has 0 fully saturated rings. The van der Waals surface area contributed by atoms with E-state index in [4.69, 9.17) is 15.6 Å². The zero-order valence-corrected chi connectivity index (χ0v) is 15.7. The van der Waals surface area contributed by atoms with Crippen LogP contribution >= 0.6 is 0 Å². The Labute approximate surface area is 154 Å². The number of carbonyl (C=O) groups is 1. The molecule has 0 aliphatic rings. The summed E-state index contributed by atoms with van der Waals surface area (Å²) in [6.07, 6.45) is 0.272. The Morgan fingerprint density at radius 3 is 1.96 bits per heavy atom. The minimum absolute atomic E-state index is 0.184. The second kappa shape index (κ2) is 8.23. The van der Waals surface area contributed by atoms with Gasteiger partial charge in [-0.2, -0.15) is 0 Å².